The van der Waals surface area contributed by atoms with Gasteiger partial charge in [0.2, 0.25) is 21.9 Å². The van der Waals surface area contributed by atoms with Gasteiger partial charge in [0.25, 0.3) is 0 Å². The third kappa shape index (κ3) is 5.87. The minimum Gasteiger partial charge on any atom is -0.437 e. The van der Waals surface area contributed by atoms with Gasteiger partial charge in [0.05, 0.1) is 22.7 Å². The van der Waals surface area contributed by atoms with Gasteiger partial charge in [-0.15, -0.1) is 0 Å². The second-order valence-corrected chi connectivity index (χ2v) is 11.3. The van der Waals surface area contributed by atoms with Crippen molar-refractivity contribution in [1.82, 2.24) is 20.3 Å². The molecule has 0 spiro atoms. The van der Waals surface area contributed by atoms with Gasteiger partial charge >= 0.3 is 0 Å². The molecule has 2 aromatic carbocycles. The van der Waals surface area contributed by atoms with E-state index < -0.39 is 10.0 Å². The minimum atomic E-state index is -3.44. The van der Waals surface area contributed by atoms with Crippen LogP contribution in [0.4, 0.5) is 11.6 Å². The lowest BCUT2D eigenvalue weighted by Crippen LogP contribution is -2.38. The van der Waals surface area contributed by atoms with Gasteiger partial charge in [-0.2, -0.15) is 0 Å². The first-order valence-electron chi connectivity index (χ1n) is 12.9. The van der Waals surface area contributed by atoms with Gasteiger partial charge in [0.1, 0.15) is 5.75 Å². The molecule has 3 heterocycles. The Morgan fingerprint density at radius 3 is 2.76 bits per heavy atom. The third-order valence-electron chi connectivity index (χ3n) is 6.48. The van der Waals surface area contributed by atoms with Gasteiger partial charge in [-0.05, 0) is 62.6 Å². The van der Waals surface area contributed by atoms with Gasteiger partial charge in [0, 0.05) is 35.8 Å². The molecular weight excluding hydrogens is 500 g/mol. The van der Waals surface area contributed by atoms with Gasteiger partial charge in [-0.3, -0.25) is 4.72 Å². The minimum absolute atomic E-state index is 0.0585. The van der Waals surface area contributed by atoms with E-state index >= 15 is 0 Å². The van der Waals surface area contributed by atoms with Crippen molar-refractivity contribution in [2.45, 2.75) is 39.2 Å². The van der Waals surface area contributed by atoms with E-state index in [1.165, 1.54) is 0 Å². The Labute approximate surface area is 223 Å². The average molecular weight is 533 g/mol. The first-order valence-corrected chi connectivity index (χ1v) is 14.5. The van der Waals surface area contributed by atoms with Crippen LogP contribution in [-0.4, -0.2) is 48.3 Å². The summed E-state index contributed by atoms with van der Waals surface area (Å²) in [5, 5.41) is 8.35. The van der Waals surface area contributed by atoms with Crippen LogP contribution >= 0.6 is 0 Å². The fraction of sp³-hybridized carbons (Fsp3) is 0.321. The van der Waals surface area contributed by atoms with Crippen molar-refractivity contribution in [2.75, 3.05) is 28.9 Å². The number of aromatic nitrogens is 3. The van der Waals surface area contributed by atoms with Crippen LogP contribution in [0, 0.1) is 6.92 Å². The lowest BCUT2D eigenvalue weighted by Gasteiger charge is -2.23. The van der Waals surface area contributed by atoms with E-state index in [9.17, 15) is 8.42 Å². The van der Waals surface area contributed by atoms with E-state index in [0.29, 0.717) is 35.4 Å². The summed E-state index contributed by atoms with van der Waals surface area (Å²) >= 11 is 0. The number of nitrogens with zero attached hydrogens (tertiary/aromatic N) is 3. The lowest BCUT2D eigenvalue weighted by atomic mass is 10.0. The number of nitrogens with one attached hydrogen (secondary N) is 3. The van der Waals surface area contributed by atoms with Crippen molar-refractivity contribution >= 4 is 32.4 Å². The fourth-order valence-corrected chi connectivity index (χ4v) is 5.80. The number of fused-ring (bicyclic) bond motifs is 1. The topological polar surface area (TPSA) is 118 Å². The molecule has 2 aromatic heterocycles. The van der Waals surface area contributed by atoms with Crippen molar-refractivity contribution < 1.29 is 13.2 Å². The maximum absolute atomic E-state index is 12.5. The van der Waals surface area contributed by atoms with Crippen molar-refractivity contribution in [3.63, 3.8) is 0 Å². The summed E-state index contributed by atoms with van der Waals surface area (Å²) in [4.78, 5) is 13.7. The third-order valence-corrected chi connectivity index (χ3v) is 7.96. The van der Waals surface area contributed by atoms with E-state index in [1.807, 2.05) is 56.3 Å². The van der Waals surface area contributed by atoms with Crippen LogP contribution in [0.5, 0.6) is 11.6 Å². The van der Waals surface area contributed by atoms with Crippen molar-refractivity contribution in [3.8, 4) is 22.9 Å². The second kappa shape index (κ2) is 11.3. The maximum Gasteiger partial charge on any atom is 0.232 e. The van der Waals surface area contributed by atoms with Crippen molar-refractivity contribution in [3.05, 3.63) is 66.5 Å². The Morgan fingerprint density at radius 1 is 1.05 bits per heavy atom. The molecule has 1 aliphatic rings. The zero-order chi connectivity index (χ0) is 26.5. The molecule has 1 saturated heterocycles. The van der Waals surface area contributed by atoms with E-state index in [2.05, 4.69) is 25.3 Å². The Bertz CT molecular complexity index is 1540. The normalized spacial score (nSPS) is 15.8. The number of aryl methyl sites for hydroxylation is 1. The molecule has 0 amide bonds. The highest BCUT2D eigenvalue weighted by atomic mass is 32.2. The van der Waals surface area contributed by atoms with Crippen LogP contribution in [0.15, 0.2) is 60.9 Å². The largest absolute Gasteiger partial charge is 0.437 e. The molecule has 9 nitrogen and oxygen atoms in total. The maximum atomic E-state index is 12.5. The monoisotopic (exact) mass is 532 g/mol. The molecular formula is C28H32N6O3S. The van der Waals surface area contributed by atoms with Crippen LogP contribution in [-0.2, 0) is 10.0 Å². The number of sulfonamides is 1. The molecule has 10 heteroatoms. The number of rotatable bonds is 9. The molecule has 3 N–H and O–H groups in total. The van der Waals surface area contributed by atoms with E-state index in [0.717, 1.165) is 47.8 Å². The number of pyridine rings is 1. The zero-order valence-corrected chi connectivity index (χ0v) is 22.4. The molecule has 198 valence electrons. The van der Waals surface area contributed by atoms with Gasteiger partial charge in [-0.1, -0.05) is 31.2 Å². The highest BCUT2D eigenvalue weighted by Crippen LogP contribution is 2.38. The van der Waals surface area contributed by atoms with Crippen LogP contribution in [0.25, 0.3) is 22.0 Å². The van der Waals surface area contributed by atoms with Gasteiger partial charge < -0.3 is 15.4 Å². The first-order chi connectivity index (χ1) is 18.4. The number of hydrogen-bond donors (Lipinski definition) is 3. The molecule has 0 saturated carbocycles. The summed E-state index contributed by atoms with van der Waals surface area (Å²) in [6.45, 7) is 5.71. The van der Waals surface area contributed by atoms with Crippen molar-refractivity contribution in [2.24, 2.45) is 0 Å². The Balaban J connectivity index is 1.49. The summed E-state index contributed by atoms with van der Waals surface area (Å²) in [5.74, 6) is 1.64. The van der Waals surface area contributed by atoms with Crippen LogP contribution < -0.4 is 20.1 Å². The number of piperidine rings is 1. The average Bonchev–Trinajstić information content (AvgIpc) is 2.91. The SMILES string of the molecule is CCCS(=O)(=O)Nc1cccc2c(Oc3ncccc3-c3ccnc(N[C@H]4CCCNC4)n3)c(C)ccc12. The molecule has 38 heavy (non-hydrogen) atoms. The first kappa shape index (κ1) is 25.9. The van der Waals surface area contributed by atoms with E-state index in [-0.39, 0.29) is 11.8 Å². The van der Waals surface area contributed by atoms with Gasteiger partial charge in [0.15, 0.2) is 0 Å². The Hall–Kier alpha value is -3.76. The summed E-state index contributed by atoms with van der Waals surface area (Å²) in [7, 11) is -3.44. The van der Waals surface area contributed by atoms with Crippen molar-refractivity contribution in [1.29, 1.82) is 0 Å². The van der Waals surface area contributed by atoms with Crippen LogP contribution in [0.3, 0.4) is 0 Å². The summed E-state index contributed by atoms with van der Waals surface area (Å²) in [6, 6.07) is 15.2. The number of ether oxygens (including phenoxy) is 1. The predicted octanol–water partition coefficient (Wildman–Crippen LogP) is 5.11. The quantitative estimate of drug-likeness (QED) is 0.272. The highest BCUT2D eigenvalue weighted by molar-refractivity contribution is 7.92. The second-order valence-electron chi connectivity index (χ2n) is 9.44. The molecule has 4 aromatic rings. The summed E-state index contributed by atoms with van der Waals surface area (Å²) in [5.41, 5.74) is 2.85. The molecule has 5 rings (SSSR count). The van der Waals surface area contributed by atoms with Gasteiger partial charge in [-0.25, -0.2) is 23.4 Å². The molecule has 0 unspecified atom stereocenters. The Morgan fingerprint density at radius 2 is 1.95 bits per heavy atom. The standard InChI is InChI=1S/C28H32N6O3S/c1-3-17-38(35,36)34-25-10-4-8-22-21(25)12-11-19(2)26(22)37-27-23(9-6-15-30-27)24-13-16-31-28(33-24)32-20-7-5-14-29-18-20/h4,6,8-13,15-16,20,29,34H,3,5,7,14,17-18H2,1-2H3,(H,31,32,33)/t20-/m0/s1. The van der Waals surface area contributed by atoms with E-state index in [1.54, 1.807) is 18.5 Å². The zero-order valence-electron chi connectivity index (χ0n) is 21.6. The fourth-order valence-electron chi connectivity index (χ4n) is 4.65. The van der Waals surface area contributed by atoms with E-state index in [4.69, 9.17) is 9.72 Å². The smallest absolute Gasteiger partial charge is 0.232 e. The molecule has 1 fully saturated rings. The number of anilines is 2. The molecule has 1 atom stereocenters. The number of hydrogen-bond acceptors (Lipinski definition) is 8. The molecule has 0 aliphatic carbocycles. The number of benzene rings is 2. The lowest BCUT2D eigenvalue weighted by molar-refractivity contribution is 0.466. The summed E-state index contributed by atoms with van der Waals surface area (Å²) in [6.07, 6.45) is 6.13. The Kier molecular flexibility index (Phi) is 7.71. The molecule has 1 aliphatic heterocycles. The van der Waals surface area contributed by atoms with Crippen LogP contribution in [0.1, 0.15) is 31.7 Å². The molecule has 0 radical (unpaired) electrons. The molecule has 0 bridgehead atoms. The predicted molar refractivity (Wildman–Crippen MR) is 151 cm³/mol. The van der Waals surface area contributed by atoms with Crippen LogP contribution in [0.2, 0.25) is 0 Å². The summed E-state index contributed by atoms with van der Waals surface area (Å²) < 4.78 is 34.1. The highest BCUT2D eigenvalue weighted by Gasteiger charge is 2.18.